The first-order valence-electron chi connectivity index (χ1n) is 6.81. The molecule has 0 bridgehead atoms. The molecule has 0 heterocycles. The zero-order valence-electron chi connectivity index (χ0n) is 11.1. The summed E-state index contributed by atoms with van der Waals surface area (Å²) < 4.78 is 0. The van der Waals surface area contributed by atoms with Crippen LogP contribution in [0.2, 0.25) is 5.02 Å². The lowest BCUT2D eigenvalue weighted by molar-refractivity contribution is -0.142. The van der Waals surface area contributed by atoms with E-state index in [2.05, 4.69) is 5.32 Å². The summed E-state index contributed by atoms with van der Waals surface area (Å²) in [6, 6.07) is 7.31. The van der Waals surface area contributed by atoms with Gasteiger partial charge in [-0.2, -0.15) is 0 Å². The largest absolute Gasteiger partial charge is 0.481 e. The van der Waals surface area contributed by atoms with Crippen molar-refractivity contribution < 1.29 is 14.7 Å². The standard InChI is InChI=1S/C15H18ClNO3/c16-12-5-1-10(2-6-12)9-14(18)17-13-7-3-11(4-8-13)15(19)20/h1-2,5-6,11,13H,3-4,7-9H2,(H,17,18)(H,19,20). The van der Waals surface area contributed by atoms with Crippen molar-refractivity contribution in [3.8, 4) is 0 Å². The van der Waals surface area contributed by atoms with Crippen molar-refractivity contribution in [2.75, 3.05) is 0 Å². The van der Waals surface area contributed by atoms with Crippen LogP contribution in [0.3, 0.4) is 0 Å². The van der Waals surface area contributed by atoms with Crippen LogP contribution >= 0.6 is 11.6 Å². The maximum atomic E-state index is 11.9. The van der Waals surface area contributed by atoms with Crippen molar-refractivity contribution in [2.24, 2.45) is 5.92 Å². The van der Waals surface area contributed by atoms with Crippen LogP contribution in [0.15, 0.2) is 24.3 Å². The molecule has 0 unspecified atom stereocenters. The number of carboxylic acids is 1. The van der Waals surface area contributed by atoms with E-state index in [0.29, 0.717) is 24.3 Å². The lowest BCUT2D eigenvalue weighted by Crippen LogP contribution is -2.39. The maximum Gasteiger partial charge on any atom is 0.306 e. The molecule has 0 aliphatic heterocycles. The summed E-state index contributed by atoms with van der Waals surface area (Å²) in [5, 5.41) is 12.6. The van der Waals surface area contributed by atoms with E-state index < -0.39 is 5.97 Å². The highest BCUT2D eigenvalue weighted by Gasteiger charge is 2.26. The van der Waals surface area contributed by atoms with Gasteiger partial charge in [0.25, 0.3) is 0 Å². The van der Waals surface area contributed by atoms with Crippen LogP contribution in [0.5, 0.6) is 0 Å². The van der Waals surface area contributed by atoms with E-state index in [4.69, 9.17) is 16.7 Å². The molecule has 20 heavy (non-hydrogen) atoms. The number of carbonyl (C=O) groups excluding carboxylic acids is 1. The first-order chi connectivity index (χ1) is 9.54. The molecule has 2 rings (SSSR count). The van der Waals surface area contributed by atoms with Gasteiger partial charge in [-0.1, -0.05) is 23.7 Å². The van der Waals surface area contributed by atoms with Crippen molar-refractivity contribution in [2.45, 2.75) is 38.1 Å². The number of hydrogen-bond donors (Lipinski definition) is 2. The maximum absolute atomic E-state index is 11.9. The van der Waals surface area contributed by atoms with Crippen LogP contribution in [-0.4, -0.2) is 23.0 Å². The first kappa shape index (κ1) is 14.9. The van der Waals surface area contributed by atoms with Gasteiger partial charge in [0.2, 0.25) is 5.91 Å². The molecule has 0 spiro atoms. The van der Waals surface area contributed by atoms with Gasteiger partial charge in [-0.25, -0.2) is 0 Å². The fourth-order valence-electron chi connectivity index (χ4n) is 2.55. The molecule has 0 saturated heterocycles. The molecule has 4 nitrogen and oxygen atoms in total. The van der Waals surface area contributed by atoms with Gasteiger partial charge in [-0.15, -0.1) is 0 Å². The Morgan fingerprint density at radius 2 is 1.75 bits per heavy atom. The lowest BCUT2D eigenvalue weighted by atomic mass is 9.86. The number of nitrogens with one attached hydrogen (secondary N) is 1. The summed E-state index contributed by atoms with van der Waals surface area (Å²) in [5.74, 6) is -0.999. The summed E-state index contributed by atoms with van der Waals surface area (Å²) in [7, 11) is 0. The second-order valence-corrected chi connectivity index (χ2v) is 5.69. The van der Waals surface area contributed by atoms with E-state index in [0.717, 1.165) is 18.4 Å². The number of carboxylic acid groups (broad SMARTS) is 1. The second kappa shape index (κ2) is 6.75. The molecule has 1 aromatic carbocycles. The molecular formula is C15H18ClNO3. The number of rotatable bonds is 4. The predicted molar refractivity (Wildman–Crippen MR) is 76.7 cm³/mol. The SMILES string of the molecule is O=C(Cc1ccc(Cl)cc1)NC1CCC(C(=O)O)CC1. The Morgan fingerprint density at radius 3 is 2.30 bits per heavy atom. The van der Waals surface area contributed by atoms with Gasteiger partial charge in [0, 0.05) is 11.1 Å². The first-order valence-corrected chi connectivity index (χ1v) is 7.19. The molecule has 1 saturated carbocycles. The third-order valence-corrected chi connectivity index (χ3v) is 3.97. The molecule has 5 heteroatoms. The average molecular weight is 296 g/mol. The Hall–Kier alpha value is -1.55. The molecular weight excluding hydrogens is 278 g/mol. The van der Waals surface area contributed by atoms with Gasteiger partial charge >= 0.3 is 5.97 Å². The minimum absolute atomic E-state index is 0.0221. The third-order valence-electron chi connectivity index (χ3n) is 3.72. The summed E-state index contributed by atoms with van der Waals surface area (Å²) in [6.07, 6.45) is 3.09. The topological polar surface area (TPSA) is 66.4 Å². The van der Waals surface area contributed by atoms with E-state index in [1.165, 1.54) is 0 Å². The average Bonchev–Trinajstić information content (AvgIpc) is 2.42. The third kappa shape index (κ3) is 4.23. The Balaban J connectivity index is 1.78. The normalized spacial score (nSPS) is 22.2. The van der Waals surface area contributed by atoms with Crippen LogP contribution in [0, 0.1) is 5.92 Å². The van der Waals surface area contributed by atoms with Gasteiger partial charge in [-0.05, 0) is 43.4 Å². The Bertz CT molecular complexity index is 478. The van der Waals surface area contributed by atoms with E-state index in [-0.39, 0.29) is 17.9 Å². The van der Waals surface area contributed by atoms with Crippen LogP contribution in [0.1, 0.15) is 31.2 Å². The van der Waals surface area contributed by atoms with E-state index in [9.17, 15) is 9.59 Å². The number of amides is 1. The molecule has 1 fully saturated rings. The number of halogens is 1. The van der Waals surface area contributed by atoms with Gasteiger partial charge in [0.05, 0.1) is 12.3 Å². The zero-order valence-corrected chi connectivity index (χ0v) is 11.9. The molecule has 1 amide bonds. The second-order valence-electron chi connectivity index (χ2n) is 5.26. The van der Waals surface area contributed by atoms with Crippen molar-refractivity contribution >= 4 is 23.5 Å². The summed E-state index contributed by atoms with van der Waals surface area (Å²) >= 11 is 5.79. The predicted octanol–water partition coefficient (Wildman–Crippen LogP) is 2.64. The van der Waals surface area contributed by atoms with E-state index in [1.54, 1.807) is 12.1 Å². The molecule has 0 radical (unpaired) electrons. The molecule has 108 valence electrons. The van der Waals surface area contributed by atoms with Crippen LogP contribution in [-0.2, 0) is 16.0 Å². The number of aliphatic carboxylic acids is 1. The minimum atomic E-state index is -0.726. The van der Waals surface area contributed by atoms with Crippen molar-refractivity contribution in [1.82, 2.24) is 5.32 Å². The highest BCUT2D eigenvalue weighted by Crippen LogP contribution is 2.24. The molecule has 1 aromatic rings. The fraction of sp³-hybridized carbons (Fsp3) is 0.467. The smallest absolute Gasteiger partial charge is 0.306 e. The monoisotopic (exact) mass is 295 g/mol. The number of carbonyl (C=O) groups is 2. The van der Waals surface area contributed by atoms with Crippen molar-refractivity contribution in [3.05, 3.63) is 34.9 Å². The summed E-state index contributed by atoms with van der Waals surface area (Å²) in [5.41, 5.74) is 0.922. The highest BCUT2D eigenvalue weighted by atomic mass is 35.5. The Morgan fingerprint density at radius 1 is 1.15 bits per heavy atom. The molecule has 1 aliphatic carbocycles. The van der Waals surface area contributed by atoms with Gasteiger partial charge in [0.1, 0.15) is 0 Å². The molecule has 0 atom stereocenters. The zero-order chi connectivity index (χ0) is 14.5. The van der Waals surface area contributed by atoms with E-state index >= 15 is 0 Å². The van der Waals surface area contributed by atoms with Crippen LogP contribution in [0.4, 0.5) is 0 Å². The fourth-order valence-corrected chi connectivity index (χ4v) is 2.68. The Kier molecular flexibility index (Phi) is 5.01. The number of hydrogen-bond acceptors (Lipinski definition) is 2. The van der Waals surface area contributed by atoms with E-state index in [1.807, 2.05) is 12.1 Å². The van der Waals surface area contributed by atoms with Crippen molar-refractivity contribution in [3.63, 3.8) is 0 Å². The van der Waals surface area contributed by atoms with Crippen LogP contribution < -0.4 is 5.32 Å². The number of benzene rings is 1. The Labute approximate surface area is 123 Å². The highest BCUT2D eigenvalue weighted by molar-refractivity contribution is 6.30. The minimum Gasteiger partial charge on any atom is -0.481 e. The van der Waals surface area contributed by atoms with Crippen molar-refractivity contribution in [1.29, 1.82) is 0 Å². The summed E-state index contributed by atoms with van der Waals surface area (Å²) in [6.45, 7) is 0. The van der Waals surface area contributed by atoms with Gasteiger partial charge in [-0.3, -0.25) is 9.59 Å². The summed E-state index contributed by atoms with van der Waals surface area (Å²) in [4.78, 5) is 22.8. The van der Waals surface area contributed by atoms with Gasteiger partial charge in [0.15, 0.2) is 0 Å². The van der Waals surface area contributed by atoms with Gasteiger partial charge < -0.3 is 10.4 Å². The molecule has 1 aliphatic rings. The quantitative estimate of drug-likeness (QED) is 0.897. The molecule has 2 N–H and O–H groups in total. The lowest BCUT2D eigenvalue weighted by Gasteiger charge is -2.26. The van der Waals surface area contributed by atoms with Crippen LogP contribution in [0.25, 0.3) is 0 Å². The molecule has 0 aromatic heterocycles.